The third-order valence-corrected chi connectivity index (χ3v) is 7.00. The quantitative estimate of drug-likeness (QED) is 0.436. The van der Waals surface area contributed by atoms with Crippen LogP contribution in [0.2, 0.25) is 5.02 Å². The van der Waals surface area contributed by atoms with E-state index in [1.54, 1.807) is 12.1 Å². The van der Waals surface area contributed by atoms with Gasteiger partial charge < -0.3 is 19.6 Å². The third kappa shape index (κ3) is 6.03. The molecule has 7 nitrogen and oxygen atoms in total. The molecule has 2 N–H and O–H groups in total. The predicted molar refractivity (Wildman–Crippen MR) is 133 cm³/mol. The SMILES string of the molecule is Cc1c(Cc2ccccc2)c(=O)oc2cc(OCC(=O)NCC3CCC(C(=O)O)CC3)c(Cl)cc12. The van der Waals surface area contributed by atoms with Crippen molar-refractivity contribution in [2.75, 3.05) is 13.2 Å². The van der Waals surface area contributed by atoms with Crippen molar-refractivity contribution in [3.8, 4) is 5.75 Å². The molecule has 184 valence electrons. The van der Waals surface area contributed by atoms with E-state index in [2.05, 4.69) is 5.32 Å². The monoisotopic (exact) mass is 497 g/mol. The minimum absolute atomic E-state index is 0.231. The highest BCUT2D eigenvalue weighted by atomic mass is 35.5. The molecule has 0 spiro atoms. The zero-order chi connectivity index (χ0) is 24.9. The summed E-state index contributed by atoms with van der Waals surface area (Å²) in [6.45, 7) is 2.12. The highest BCUT2D eigenvalue weighted by molar-refractivity contribution is 6.32. The molecule has 35 heavy (non-hydrogen) atoms. The van der Waals surface area contributed by atoms with Crippen LogP contribution in [0.15, 0.2) is 51.7 Å². The number of rotatable bonds is 8. The Morgan fingerprint density at radius 3 is 2.54 bits per heavy atom. The maximum absolute atomic E-state index is 12.7. The van der Waals surface area contributed by atoms with Gasteiger partial charge in [-0.1, -0.05) is 41.9 Å². The second kappa shape index (κ2) is 11.0. The molecule has 1 amide bonds. The van der Waals surface area contributed by atoms with Gasteiger partial charge in [0.1, 0.15) is 11.3 Å². The molecule has 1 saturated carbocycles. The Hall–Kier alpha value is -3.32. The number of aryl methyl sites for hydroxylation is 1. The number of aliphatic carboxylic acids is 1. The number of amides is 1. The van der Waals surface area contributed by atoms with Gasteiger partial charge in [-0.05, 0) is 55.7 Å². The minimum Gasteiger partial charge on any atom is -0.482 e. The number of benzene rings is 2. The lowest BCUT2D eigenvalue weighted by Crippen LogP contribution is -2.35. The van der Waals surface area contributed by atoms with E-state index >= 15 is 0 Å². The van der Waals surface area contributed by atoms with Gasteiger partial charge in [-0.2, -0.15) is 0 Å². The Morgan fingerprint density at radius 1 is 1.14 bits per heavy atom. The number of nitrogens with one attached hydrogen (secondary N) is 1. The van der Waals surface area contributed by atoms with E-state index in [4.69, 9.17) is 25.9 Å². The maximum atomic E-state index is 12.7. The van der Waals surface area contributed by atoms with E-state index < -0.39 is 11.6 Å². The Morgan fingerprint density at radius 2 is 1.86 bits per heavy atom. The average molecular weight is 498 g/mol. The topological polar surface area (TPSA) is 106 Å². The van der Waals surface area contributed by atoms with E-state index in [0.717, 1.165) is 24.0 Å². The molecule has 3 aromatic rings. The number of carboxylic acids is 1. The zero-order valence-corrected chi connectivity index (χ0v) is 20.3. The summed E-state index contributed by atoms with van der Waals surface area (Å²) in [6, 6.07) is 12.9. The number of hydrogen-bond donors (Lipinski definition) is 2. The summed E-state index contributed by atoms with van der Waals surface area (Å²) in [5.74, 6) is -0.793. The van der Waals surface area contributed by atoms with Crippen LogP contribution >= 0.6 is 11.6 Å². The molecule has 8 heteroatoms. The molecule has 0 radical (unpaired) electrons. The fraction of sp³-hybridized carbons (Fsp3) is 0.370. The number of carbonyl (C=O) groups excluding carboxylic acids is 1. The number of halogens is 1. The molecule has 1 fully saturated rings. The lowest BCUT2D eigenvalue weighted by molar-refractivity contribution is -0.143. The van der Waals surface area contributed by atoms with Crippen LogP contribution in [-0.4, -0.2) is 30.1 Å². The van der Waals surface area contributed by atoms with Gasteiger partial charge in [-0.15, -0.1) is 0 Å². The van der Waals surface area contributed by atoms with E-state index in [-0.39, 0.29) is 30.1 Å². The molecule has 1 aromatic heterocycles. The predicted octanol–water partition coefficient (Wildman–Crippen LogP) is 4.73. The fourth-order valence-electron chi connectivity index (χ4n) is 4.57. The second-order valence-electron chi connectivity index (χ2n) is 9.08. The number of ether oxygens (including phenoxy) is 1. The molecule has 0 atom stereocenters. The highest BCUT2D eigenvalue weighted by Gasteiger charge is 2.26. The molecule has 0 bridgehead atoms. The van der Waals surface area contributed by atoms with Gasteiger partial charge in [-0.3, -0.25) is 9.59 Å². The summed E-state index contributed by atoms with van der Waals surface area (Å²) in [4.78, 5) is 36.0. The molecule has 0 aliphatic heterocycles. The second-order valence-corrected chi connectivity index (χ2v) is 9.49. The summed E-state index contributed by atoms with van der Waals surface area (Å²) in [7, 11) is 0. The Bertz CT molecular complexity index is 1280. The fourth-order valence-corrected chi connectivity index (χ4v) is 4.79. The van der Waals surface area contributed by atoms with Crippen LogP contribution < -0.4 is 15.7 Å². The molecule has 1 aliphatic carbocycles. The van der Waals surface area contributed by atoms with Crippen LogP contribution in [0.25, 0.3) is 11.0 Å². The van der Waals surface area contributed by atoms with Gasteiger partial charge in [0.05, 0.1) is 10.9 Å². The van der Waals surface area contributed by atoms with Crippen LogP contribution in [0, 0.1) is 18.8 Å². The van der Waals surface area contributed by atoms with Gasteiger partial charge in [0.25, 0.3) is 5.91 Å². The number of carbonyl (C=O) groups is 2. The molecule has 4 rings (SSSR count). The van der Waals surface area contributed by atoms with Crippen molar-refractivity contribution >= 4 is 34.4 Å². The first-order valence-corrected chi connectivity index (χ1v) is 12.1. The molecule has 1 aliphatic rings. The first-order chi connectivity index (χ1) is 16.8. The van der Waals surface area contributed by atoms with Crippen LogP contribution in [0.4, 0.5) is 0 Å². The summed E-state index contributed by atoms with van der Waals surface area (Å²) in [6.07, 6.45) is 3.28. The van der Waals surface area contributed by atoms with Crippen molar-refractivity contribution in [3.05, 3.63) is 74.6 Å². The summed E-state index contributed by atoms with van der Waals surface area (Å²) in [5, 5.41) is 13.0. The van der Waals surface area contributed by atoms with Crippen molar-refractivity contribution in [2.24, 2.45) is 11.8 Å². The van der Waals surface area contributed by atoms with E-state index in [1.807, 2.05) is 37.3 Å². The molecule has 0 unspecified atom stereocenters. The van der Waals surface area contributed by atoms with Gasteiger partial charge in [-0.25, -0.2) is 4.79 Å². The number of hydrogen-bond acceptors (Lipinski definition) is 5. The molecule has 1 heterocycles. The summed E-state index contributed by atoms with van der Waals surface area (Å²) in [5.41, 5.74) is 2.31. The first kappa shape index (κ1) is 24.8. The number of carboxylic acid groups (broad SMARTS) is 1. The molecule has 2 aromatic carbocycles. The molecule has 0 saturated heterocycles. The minimum atomic E-state index is -0.744. The van der Waals surface area contributed by atoms with E-state index in [0.29, 0.717) is 47.4 Å². The van der Waals surface area contributed by atoms with Crippen molar-refractivity contribution in [3.63, 3.8) is 0 Å². The van der Waals surface area contributed by atoms with Crippen LogP contribution in [0.5, 0.6) is 5.75 Å². The van der Waals surface area contributed by atoms with Crippen LogP contribution in [-0.2, 0) is 16.0 Å². The van der Waals surface area contributed by atoms with Crippen LogP contribution in [0.1, 0.15) is 42.4 Å². The van der Waals surface area contributed by atoms with Gasteiger partial charge in [0.2, 0.25) is 0 Å². The summed E-state index contributed by atoms with van der Waals surface area (Å²) < 4.78 is 11.2. The van der Waals surface area contributed by atoms with Gasteiger partial charge >= 0.3 is 11.6 Å². The van der Waals surface area contributed by atoms with Crippen molar-refractivity contribution < 1.29 is 23.8 Å². The average Bonchev–Trinajstić information content (AvgIpc) is 2.85. The Kier molecular flexibility index (Phi) is 7.76. The van der Waals surface area contributed by atoms with Crippen molar-refractivity contribution in [1.29, 1.82) is 0 Å². The zero-order valence-electron chi connectivity index (χ0n) is 19.5. The van der Waals surface area contributed by atoms with E-state index in [1.165, 1.54) is 0 Å². The lowest BCUT2D eigenvalue weighted by atomic mass is 9.82. The lowest BCUT2D eigenvalue weighted by Gasteiger charge is -2.26. The largest absolute Gasteiger partial charge is 0.482 e. The normalized spacial score (nSPS) is 17.8. The standard InChI is InChI=1S/C27H28ClNO6/c1-16-20-12-22(28)24(13-23(20)35-27(33)21(16)11-17-5-3-2-4-6-17)34-15-25(30)29-14-18-7-9-19(10-8-18)26(31)32/h2-6,12-13,18-19H,7-11,14-15H2,1H3,(H,29,30)(H,31,32). The van der Waals surface area contributed by atoms with E-state index in [9.17, 15) is 14.4 Å². The van der Waals surface area contributed by atoms with Gasteiger partial charge in [0, 0.05) is 30.0 Å². The van der Waals surface area contributed by atoms with Crippen molar-refractivity contribution in [1.82, 2.24) is 5.32 Å². The van der Waals surface area contributed by atoms with Gasteiger partial charge in [0.15, 0.2) is 6.61 Å². The maximum Gasteiger partial charge on any atom is 0.340 e. The summed E-state index contributed by atoms with van der Waals surface area (Å²) >= 11 is 6.42. The first-order valence-electron chi connectivity index (χ1n) is 11.7. The third-order valence-electron chi connectivity index (χ3n) is 6.71. The molecular weight excluding hydrogens is 470 g/mol. The smallest absolute Gasteiger partial charge is 0.340 e. The Balaban J connectivity index is 1.38. The van der Waals surface area contributed by atoms with Crippen molar-refractivity contribution in [2.45, 2.75) is 39.0 Å². The molecular formula is C27H28ClNO6. The number of fused-ring (bicyclic) bond motifs is 1. The Labute approximate surface area is 208 Å². The van der Waals surface area contributed by atoms with Crippen LogP contribution in [0.3, 0.4) is 0 Å². The highest BCUT2D eigenvalue weighted by Crippen LogP contribution is 2.32.